The van der Waals surface area contributed by atoms with Crippen LogP contribution < -0.4 is 0 Å². The summed E-state index contributed by atoms with van der Waals surface area (Å²) in [6.45, 7) is 6.55. The van der Waals surface area contributed by atoms with Crippen molar-refractivity contribution in [1.82, 2.24) is 4.90 Å². The fraction of sp³-hybridized carbons (Fsp3) is 0.500. The molecule has 0 bridgehead atoms. The van der Waals surface area contributed by atoms with Gasteiger partial charge in [0.1, 0.15) is 0 Å². The average Bonchev–Trinajstić information content (AvgIpc) is 1.88. The zero-order valence-corrected chi connectivity index (χ0v) is 6.59. The molecule has 1 aliphatic rings. The van der Waals surface area contributed by atoms with E-state index in [0.29, 0.717) is 0 Å². The lowest BCUT2D eigenvalue weighted by molar-refractivity contribution is 0.425. The van der Waals surface area contributed by atoms with Crippen LogP contribution in [0.1, 0.15) is 13.8 Å². The number of allylic oxidation sites excluding steroid dienone is 2. The van der Waals surface area contributed by atoms with Gasteiger partial charge in [0, 0.05) is 13.1 Å². The van der Waals surface area contributed by atoms with E-state index in [9.17, 15) is 0 Å². The summed E-state index contributed by atoms with van der Waals surface area (Å²) in [7, 11) is 0. The van der Waals surface area contributed by atoms with Crippen LogP contribution >= 0.6 is 0 Å². The number of likely N-dealkylation sites (N-methyl/N-ethyl adjacent to an activating group) is 1. The molecule has 0 fully saturated rings. The molecule has 2 heteroatoms. The molecular formula is C8H15NO. The van der Waals surface area contributed by atoms with E-state index in [1.54, 1.807) is 0 Å². The van der Waals surface area contributed by atoms with Gasteiger partial charge in [0.25, 0.3) is 0 Å². The van der Waals surface area contributed by atoms with Crippen molar-refractivity contribution in [2.24, 2.45) is 0 Å². The van der Waals surface area contributed by atoms with Crippen molar-refractivity contribution in [1.29, 1.82) is 0 Å². The molecule has 58 valence electrons. The Morgan fingerprint density at radius 2 is 2.30 bits per heavy atom. The SMILES string of the molecule is CCN1C=CC=C(C)C1.O. The maximum atomic E-state index is 2.29. The minimum absolute atomic E-state index is 0. The molecule has 2 nitrogen and oxygen atoms in total. The zero-order valence-electron chi connectivity index (χ0n) is 6.59. The third-order valence-electron chi connectivity index (χ3n) is 1.54. The van der Waals surface area contributed by atoms with Gasteiger partial charge in [-0.15, -0.1) is 0 Å². The molecule has 0 aliphatic carbocycles. The predicted octanol–water partition coefficient (Wildman–Crippen LogP) is 0.957. The van der Waals surface area contributed by atoms with Crippen molar-refractivity contribution >= 4 is 0 Å². The van der Waals surface area contributed by atoms with Crippen molar-refractivity contribution in [3.8, 4) is 0 Å². The summed E-state index contributed by atoms with van der Waals surface area (Å²) in [6.07, 6.45) is 6.39. The van der Waals surface area contributed by atoms with Gasteiger partial charge in [-0.2, -0.15) is 0 Å². The van der Waals surface area contributed by atoms with Crippen LogP contribution in [0.15, 0.2) is 23.9 Å². The second-order valence-corrected chi connectivity index (χ2v) is 2.42. The lowest BCUT2D eigenvalue weighted by Crippen LogP contribution is -2.20. The largest absolute Gasteiger partial charge is 0.412 e. The molecule has 0 spiro atoms. The topological polar surface area (TPSA) is 34.7 Å². The summed E-state index contributed by atoms with van der Waals surface area (Å²) < 4.78 is 0. The Labute approximate surface area is 62.1 Å². The molecule has 10 heavy (non-hydrogen) atoms. The highest BCUT2D eigenvalue weighted by Crippen LogP contribution is 2.04. The standard InChI is InChI=1S/C8H13N.H2O/c1-3-9-6-4-5-8(2)7-9;/h4-6H,3,7H2,1-2H3;1H2. The van der Waals surface area contributed by atoms with Crippen molar-refractivity contribution in [3.05, 3.63) is 23.9 Å². The first-order valence-corrected chi connectivity index (χ1v) is 3.41. The second-order valence-electron chi connectivity index (χ2n) is 2.42. The van der Waals surface area contributed by atoms with E-state index in [-0.39, 0.29) is 5.48 Å². The number of hydrogen-bond acceptors (Lipinski definition) is 1. The summed E-state index contributed by atoms with van der Waals surface area (Å²) in [5.74, 6) is 0. The van der Waals surface area contributed by atoms with Crippen LogP contribution in [0.5, 0.6) is 0 Å². The number of nitrogens with zero attached hydrogens (tertiary/aromatic N) is 1. The Kier molecular flexibility index (Phi) is 3.81. The van der Waals surface area contributed by atoms with E-state index in [1.807, 2.05) is 0 Å². The summed E-state index contributed by atoms with van der Waals surface area (Å²) in [5, 5.41) is 0. The molecule has 0 aromatic heterocycles. The summed E-state index contributed by atoms with van der Waals surface area (Å²) in [5.41, 5.74) is 1.44. The van der Waals surface area contributed by atoms with Crippen molar-refractivity contribution in [2.75, 3.05) is 13.1 Å². The van der Waals surface area contributed by atoms with Gasteiger partial charge in [0.2, 0.25) is 0 Å². The first-order valence-electron chi connectivity index (χ1n) is 3.41. The normalized spacial score (nSPS) is 16.2. The Balaban J connectivity index is 0.000000810. The van der Waals surface area contributed by atoms with E-state index >= 15 is 0 Å². The van der Waals surface area contributed by atoms with Crippen LogP contribution in [0.25, 0.3) is 0 Å². The third kappa shape index (κ3) is 2.23. The molecule has 0 aromatic rings. The Morgan fingerprint density at radius 1 is 1.60 bits per heavy atom. The molecule has 0 saturated heterocycles. The fourth-order valence-corrected chi connectivity index (χ4v) is 0.972. The second kappa shape index (κ2) is 4.12. The van der Waals surface area contributed by atoms with Crippen molar-refractivity contribution in [3.63, 3.8) is 0 Å². The van der Waals surface area contributed by atoms with Gasteiger partial charge in [-0.3, -0.25) is 0 Å². The molecule has 1 heterocycles. The van der Waals surface area contributed by atoms with Crippen molar-refractivity contribution < 1.29 is 5.48 Å². The van der Waals surface area contributed by atoms with E-state index in [4.69, 9.17) is 0 Å². The van der Waals surface area contributed by atoms with Crippen LogP contribution in [0, 0.1) is 0 Å². The van der Waals surface area contributed by atoms with Crippen LogP contribution in [-0.2, 0) is 0 Å². The van der Waals surface area contributed by atoms with E-state index in [0.717, 1.165) is 13.1 Å². The lowest BCUT2D eigenvalue weighted by Gasteiger charge is -2.20. The van der Waals surface area contributed by atoms with E-state index < -0.39 is 0 Å². The Bertz CT molecular complexity index is 149. The van der Waals surface area contributed by atoms with Gasteiger partial charge >= 0.3 is 0 Å². The Hall–Kier alpha value is -0.760. The quantitative estimate of drug-likeness (QED) is 0.535. The highest BCUT2D eigenvalue weighted by atomic mass is 16.0. The fourth-order valence-electron chi connectivity index (χ4n) is 0.972. The summed E-state index contributed by atoms with van der Waals surface area (Å²) in [6, 6.07) is 0. The molecule has 1 rings (SSSR count). The van der Waals surface area contributed by atoms with Crippen LogP contribution in [-0.4, -0.2) is 23.5 Å². The Morgan fingerprint density at radius 3 is 2.70 bits per heavy atom. The molecule has 2 N–H and O–H groups in total. The maximum Gasteiger partial charge on any atom is 0.0383 e. The number of rotatable bonds is 1. The maximum absolute atomic E-state index is 2.29. The van der Waals surface area contributed by atoms with E-state index in [2.05, 4.69) is 37.1 Å². The highest BCUT2D eigenvalue weighted by molar-refractivity contribution is 5.16. The molecule has 0 radical (unpaired) electrons. The summed E-state index contributed by atoms with van der Waals surface area (Å²) >= 11 is 0. The van der Waals surface area contributed by atoms with Gasteiger partial charge in [-0.05, 0) is 26.1 Å². The number of hydrogen-bond donors (Lipinski definition) is 0. The van der Waals surface area contributed by atoms with Crippen LogP contribution in [0.4, 0.5) is 0 Å². The van der Waals surface area contributed by atoms with E-state index in [1.165, 1.54) is 5.57 Å². The monoisotopic (exact) mass is 141 g/mol. The van der Waals surface area contributed by atoms with Gasteiger partial charge in [0.05, 0.1) is 0 Å². The minimum atomic E-state index is 0. The zero-order chi connectivity index (χ0) is 6.69. The van der Waals surface area contributed by atoms with Gasteiger partial charge in [-0.25, -0.2) is 0 Å². The molecule has 0 saturated carbocycles. The molecule has 0 aromatic carbocycles. The van der Waals surface area contributed by atoms with Crippen LogP contribution in [0.2, 0.25) is 0 Å². The first kappa shape index (κ1) is 9.24. The minimum Gasteiger partial charge on any atom is -0.412 e. The first-order chi connectivity index (χ1) is 4.33. The lowest BCUT2D eigenvalue weighted by atomic mass is 10.2. The average molecular weight is 141 g/mol. The molecule has 0 unspecified atom stereocenters. The molecule has 1 aliphatic heterocycles. The third-order valence-corrected chi connectivity index (χ3v) is 1.54. The van der Waals surface area contributed by atoms with Gasteiger partial charge in [0.15, 0.2) is 0 Å². The van der Waals surface area contributed by atoms with Gasteiger partial charge < -0.3 is 10.4 Å². The van der Waals surface area contributed by atoms with Crippen LogP contribution in [0.3, 0.4) is 0 Å². The van der Waals surface area contributed by atoms with Crippen molar-refractivity contribution in [2.45, 2.75) is 13.8 Å². The van der Waals surface area contributed by atoms with Gasteiger partial charge in [-0.1, -0.05) is 11.6 Å². The smallest absolute Gasteiger partial charge is 0.0383 e. The molecule has 0 atom stereocenters. The molecule has 0 amide bonds. The highest BCUT2D eigenvalue weighted by Gasteiger charge is 1.98. The predicted molar refractivity (Wildman–Crippen MR) is 43.8 cm³/mol. The molecular weight excluding hydrogens is 126 g/mol. The summed E-state index contributed by atoms with van der Waals surface area (Å²) in [4.78, 5) is 2.29.